The topological polar surface area (TPSA) is 53.1 Å². The number of aromatic nitrogens is 2. The normalized spacial score (nSPS) is 12.4. The van der Waals surface area contributed by atoms with Gasteiger partial charge in [-0.05, 0) is 49.6 Å². The molecule has 0 aliphatic rings. The van der Waals surface area contributed by atoms with Gasteiger partial charge in [0.25, 0.3) is 0 Å². The average molecular weight is 337 g/mol. The first-order valence-electron chi connectivity index (χ1n) is 9.13. The molecule has 0 aliphatic carbocycles. The minimum Gasteiger partial charge on any atom is -0.494 e. The quantitative estimate of drug-likeness (QED) is 0.672. The van der Waals surface area contributed by atoms with Gasteiger partial charge < -0.3 is 15.0 Å². The molecule has 1 unspecified atom stereocenters. The molecule has 132 valence electrons. The van der Waals surface area contributed by atoms with Crippen LogP contribution in [-0.2, 0) is 13.0 Å². The smallest absolute Gasteiger partial charge is 0.119 e. The second kappa shape index (κ2) is 8.17. The summed E-state index contributed by atoms with van der Waals surface area (Å²) >= 11 is 0. The SMILES string of the molecule is CCCOc1ccc(CC(CN)c2nc3ccccc3n2CC)cc1. The number of nitrogens with zero attached hydrogens (tertiary/aromatic N) is 2. The summed E-state index contributed by atoms with van der Waals surface area (Å²) in [5.41, 5.74) is 9.60. The zero-order valence-corrected chi connectivity index (χ0v) is 15.1. The third-order valence-electron chi connectivity index (χ3n) is 4.53. The van der Waals surface area contributed by atoms with Crippen LogP contribution in [0.4, 0.5) is 0 Å². The van der Waals surface area contributed by atoms with Crippen LogP contribution in [0.5, 0.6) is 5.75 Å². The summed E-state index contributed by atoms with van der Waals surface area (Å²) in [6.07, 6.45) is 1.90. The number of aryl methyl sites for hydroxylation is 1. The highest BCUT2D eigenvalue weighted by molar-refractivity contribution is 5.76. The van der Waals surface area contributed by atoms with Gasteiger partial charge in [0, 0.05) is 19.0 Å². The van der Waals surface area contributed by atoms with Gasteiger partial charge in [-0.1, -0.05) is 31.2 Å². The van der Waals surface area contributed by atoms with Gasteiger partial charge in [-0.15, -0.1) is 0 Å². The van der Waals surface area contributed by atoms with Crippen molar-refractivity contribution in [2.75, 3.05) is 13.2 Å². The van der Waals surface area contributed by atoms with Gasteiger partial charge in [0.2, 0.25) is 0 Å². The Balaban J connectivity index is 1.83. The fourth-order valence-electron chi connectivity index (χ4n) is 3.24. The van der Waals surface area contributed by atoms with Gasteiger partial charge in [-0.2, -0.15) is 0 Å². The second-order valence-corrected chi connectivity index (χ2v) is 6.33. The molecule has 4 heteroatoms. The Bertz CT molecular complexity index is 808. The first-order chi connectivity index (χ1) is 12.3. The Labute approximate surface area is 149 Å². The Morgan fingerprint density at radius 1 is 1.08 bits per heavy atom. The van der Waals surface area contributed by atoms with Crippen molar-refractivity contribution < 1.29 is 4.74 Å². The molecular weight excluding hydrogens is 310 g/mol. The maximum atomic E-state index is 6.12. The molecule has 4 nitrogen and oxygen atoms in total. The van der Waals surface area contributed by atoms with Crippen LogP contribution >= 0.6 is 0 Å². The van der Waals surface area contributed by atoms with Crippen molar-refractivity contribution in [2.45, 2.75) is 39.2 Å². The summed E-state index contributed by atoms with van der Waals surface area (Å²) in [7, 11) is 0. The molecule has 3 rings (SSSR count). The lowest BCUT2D eigenvalue weighted by Crippen LogP contribution is -2.19. The van der Waals surface area contributed by atoms with Crippen molar-refractivity contribution in [3.8, 4) is 5.75 Å². The van der Waals surface area contributed by atoms with E-state index in [1.54, 1.807) is 0 Å². The zero-order chi connectivity index (χ0) is 17.6. The van der Waals surface area contributed by atoms with E-state index in [2.05, 4.69) is 48.7 Å². The predicted molar refractivity (Wildman–Crippen MR) is 103 cm³/mol. The number of hydrogen-bond donors (Lipinski definition) is 1. The number of imidazole rings is 1. The molecule has 0 saturated carbocycles. The van der Waals surface area contributed by atoms with Crippen LogP contribution < -0.4 is 10.5 Å². The molecule has 0 amide bonds. The van der Waals surface area contributed by atoms with Crippen LogP contribution in [-0.4, -0.2) is 22.7 Å². The Morgan fingerprint density at radius 2 is 1.84 bits per heavy atom. The van der Waals surface area contributed by atoms with E-state index in [9.17, 15) is 0 Å². The van der Waals surface area contributed by atoms with Crippen LogP contribution in [0.1, 0.15) is 37.6 Å². The lowest BCUT2D eigenvalue weighted by molar-refractivity contribution is 0.317. The van der Waals surface area contributed by atoms with E-state index in [1.165, 1.54) is 11.1 Å². The zero-order valence-electron chi connectivity index (χ0n) is 15.1. The summed E-state index contributed by atoms with van der Waals surface area (Å²) in [6.45, 7) is 6.50. The van der Waals surface area contributed by atoms with E-state index in [-0.39, 0.29) is 5.92 Å². The van der Waals surface area contributed by atoms with Crippen molar-refractivity contribution in [3.63, 3.8) is 0 Å². The molecule has 1 atom stereocenters. The van der Waals surface area contributed by atoms with E-state index < -0.39 is 0 Å². The van der Waals surface area contributed by atoms with Gasteiger partial charge in [0.05, 0.1) is 17.6 Å². The minimum atomic E-state index is 0.203. The van der Waals surface area contributed by atoms with Gasteiger partial charge in [-0.25, -0.2) is 4.98 Å². The number of para-hydroxylation sites is 2. The molecule has 2 aromatic carbocycles. The summed E-state index contributed by atoms with van der Waals surface area (Å²) in [4.78, 5) is 4.87. The van der Waals surface area contributed by atoms with Crippen LogP contribution in [0.25, 0.3) is 11.0 Å². The molecule has 1 aromatic heterocycles. The third-order valence-corrected chi connectivity index (χ3v) is 4.53. The van der Waals surface area contributed by atoms with Gasteiger partial charge in [-0.3, -0.25) is 0 Å². The largest absolute Gasteiger partial charge is 0.494 e. The third kappa shape index (κ3) is 3.85. The number of benzene rings is 2. The molecule has 1 heterocycles. The highest BCUT2D eigenvalue weighted by Crippen LogP contribution is 2.25. The van der Waals surface area contributed by atoms with Crippen molar-refractivity contribution >= 4 is 11.0 Å². The van der Waals surface area contributed by atoms with E-state index >= 15 is 0 Å². The first-order valence-corrected chi connectivity index (χ1v) is 9.13. The number of nitrogens with two attached hydrogens (primary N) is 1. The van der Waals surface area contributed by atoms with Crippen molar-refractivity contribution in [1.82, 2.24) is 9.55 Å². The summed E-state index contributed by atoms with van der Waals surface area (Å²) < 4.78 is 7.94. The average Bonchev–Trinajstić information content (AvgIpc) is 3.03. The second-order valence-electron chi connectivity index (χ2n) is 6.33. The highest BCUT2D eigenvalue weighted by atomic mass is 16.5. The molecule has 2 N–H and O–H groups in total. The molecule has 0 fully saturated rings. The predicted octanol–water partition coefficient (Wildman–Crippen LogP) is 4.13. The van der Waals surface area contributed by atoms with Crippen LogP contribution in [0, 0.1) is 0 Å². The molecule has 0 bridgehead atoms. The molecule has 0 saturated heterocycles. The van der Waals surface area contributed by atoms with Gasteiger partial charge >= 0.3 is 0 Å². The van der Waals surface area contributed by atoms with E-state index in [0.29, 0.717) is 6.54 Å². The monoisotopic (exact) mass is 337 g/mol. The molecular formula is C21H27N3O. The minimum absolute atomic E-state index is 0.203. The molecule has 25 heavy (non-hydrogen) atoms. The maximum absolute atomic E-state index is 6.12. The lowest BCUT2D eigenvalue weighted by Gasteiger charge is -2.16. The Kier molecular flexibility index (Phi) is 5.71. The van der Waals surface area contributed by atoms with Gasteiger partial charge in [0.1, 0.15) is 11.6 Å². The molecule has 0 aliphatic heterocycles. The molecule has 0 radical (unpaired) electrons. The molecule has 0 spiro atoms. The number of rotatable bonds is 8. The molecule has 3 aromatic rings. The summed E-state index contributed by atoms with van der Waals surface area (Å²) in [5.74, 6) is 2.21. The van der Waals surface area contributed by atoms with Crippen LogP contribution in [0.15, 0.2) is 48.5 Å². The number of ether oxygens (including phenoxy) is 1. The van der Waals surface area contributed by atoms with Crippen LogP contribution in [0.2, 0.25) is 0 Å². The standard InChI is InChI=1S/C21H27N3O/c1-3-13-25-18-11-9-16(10-12-18)14-17(15-22)21-23-19-7-5-6-8-20(19)24(21)4-2/h5-12,17H,3-4,13-15,22H2,1-2H3. The van der Waals surface area contributed by atoms with Crippen molar-refractivity contribution in [2.24, 2.45) is 5.73 Å². The lowest BCUT2D eigenvalue weighted by atomic mass is 9.98. The van der Waals surface area contributed by atoms with E-state index in [1.807, 2.05) is 18.2 Å². The maximum Gasteiger partial charge on any atom is 0.119 e. The Hall–Kier alpha value is -2.33. The summed E-state index contributed by atoms with van der Waals surface area (Å²) in [5, 5.41) is 0. The first kappa shape index (κ1) is 17.5. The van der Waals surface area contributed by atoms with Crippen molar-refractivity contribution in [1.29, 1.82) is 0 Å². The van der Waals surface area contributed by atoms with Crippen molar-refractivity contribution in [3.05, 3.63) is 59.9 Å². The van der Waals surface area contributed by atoms with Gasteiger partial charge in [0.15, 0.2) is 0 Å². The highest BCUT2D eigenvalue weighted by Gasteiger charge is 2.19. The Morgan fingerprint density at radius 3 is 2.52 bits per heavy atom. The summed E-state index contributed by atoms with van der Waals surface area (Å²) in [6, 6.07) is 16.6. The fourth-order valence-corrected chi connectivity index (χ4v) is 3.24. The number of fused-ring (bicyclic) bond motifs is 1. The van der Waals surface area contributed by atoms with E-state index in [0.717, 1.165) is 43.1 Å². The fraction of sp³-hybridized carbons (Fsp3) is 0.381. The number of hydrogen-bond acceptors (Lipinski definition) is 3. The van der Waals surface area contributed by atoms with Crippen LogP contribution in [0.3, 0.4) is 0 Å². The van der Waals surface area contributed by atoms with E-state index in [4.69, 9.17) is 15.5 Å².